The maximum absolute atomic E-state index is 13.4. The van der Waals surface area contributed by atoms with Crippen LogP contribution in [-0.4, -0.2) is 49.6 Å². The van der Waals surface area contributed by atoms with Gasteiger partial charge in [-0.15, -0.1) is 0 Å². The maximum atomic E-state index is 13.4. The molecule has 0 radical (unpaired) electrons. The van der Waals surface area contributed by atoms with Gasteiger partial charge in [0.15, 0.2) is 10.1 Å². The normalized spacial score (nSPS) is 23.6. The van der Waals surface area contributed by atoms with Gasteiger partial charge in [-0.3, -0.25) is 9.59 Å². The molecule has 1 aliphatic rings. The summed E-state index contributed by atoms with van der Waals surface area (Å²) in [5.41, 5.74) is 0. The Morgan fingerprint density at radius 1 is 1.04 bits per heavy atom. The SMILES string of the molecule is COC(=O)C1CCCCC1C(=O)OC(C(F)(F)F)C(F)(F)S(=O)(=O)[O-]. The molecule has 146 valence electrons. The van der Waals surface area contributed by atoms with E-state index >= 15 is 0 Å². The van der Waals surface area contributed by atoms with Crippen LogP contribution >= 0.6 is 0 Å². The smallest absolute Gasteiger partial charge is 0.432 e. The quantitative estimate of drug-likeness (QED) is 0.393. The van der Waals surface area contributed by atoms with Gasteiger partial charge in [0, 0.05) is 0 Å². The van der Waals surface area contributed by atoms with E-state index in [1.165, 1.54) is 0 Å². The molecule has 0 N–H and O–H groups in total. The summed E-state index contributed by atoms with van der Waals surface area (Å²) in [5, 5.41) is -5.92. The Balaban J connectivity index is 3.12. The molecular formula is C12H14F5O7S-. The van der Waals surface area contributed by atoms with Gasteiger partial charge in [0.1, 0.15) is 0 Å². The number of methoxy groups -OCH3 is 1. The summed E-state index contributed by atoms with van der Waals surface area (Å²) in [4.78, 5) is 23.5. The number of ether oxygens (including phenoxy) is 2. The topological polar surface area (TPSA) is 110 Å². The molecule has 0 heterocycles. The van der Waals surface area contributed by atoms with Crippen molar-refractivity contribution in [3.8, 4) is 0 Å². The molecule has 1 rings (SSSR count). The number of esters is 2. The number of halogens is 5. The van der Waals surface area contributed by atoms with Crippen molar-refractivity contribution in [3.63, 3.8) is 0 Å². The molecule has 0 saturated heterocycles. The second kappa shape index (κ2) is 7.40. The molecule has 7 nitrogen and oxygen atoms in total. The molecule has 25 heavy (non-hydrogen) atoms. The van der Waals surface area contributed by atoms with Gasteiger partial charge in [-0.1, -0.05) is 12.8 Å². The molecule has 0 spiro atoms. The molecule has 1 fully saturated rings. The van der Waals surface area contributed by atoms with Crippen LogP contribution in [0.4, 0.5) is 22.0 Å². The molecule has 3 unspecified atom stereocenters. The Hall–Kier alpha value is -1.50. The van der Waals surface area contributed by atoms with E-state index in [1.54, 1.807) is 0 Å². The van der Waals surface area contributed by atoms with Gasteiger partial charge in [0.25, 0.3) is 6.10 Å². The number of carbonyl (C=O) groups excluding carboxylic acids is 2. The van der Waals surface area contributed by atoms with Crippen molar-refractivity contribution in [2.45, 2.75) is 43.2 Å². The van der Waals surface area contributed by atoms with E-state index in [-0.39, 0.29) is 12.8 Å². The predicted molar refractivity (Wildman–Crippen MR) is 68.0 cm³/mol. The summed E-state index contributed by atoms with van der Waals surface area (Å²) >= 11 is 0. The largest absolute Gasteiger partial charge is 0.743 e. The number of carbonyl (C=O) groups is 2. The first kappa shape index (κ1) is 21.5. The molecule has 0 aromatic heterocycles. The van der Waals surface area contributed by atoms with Gasteiger partial charge < -0.3 is 14.0 Å². The molecular weight excluding hydrogens is 383 g/mol. The Labute approximate surface area is 139 Å². The van der Waals surface area contributed by atoms with Crippen LogP contribution in [0.2, 0.25) is 0 Å². The molecule has 1 aliphatic carbocycles. The summed E-state index contributed by atoms with van der Waals surface area (Å²) < 4.78 is 104. The Bertz CT molecular complexity index is 616. The molecule has 13 heteroatoms. The summed E-state index contributed by atoms with van der Waals surface area (Å²) in [6.07, 6.45) is -9.84. The van der Waals surface area contributed by atoms with Crippen molar-refractivity contribution in [1.29, 1.82) is 0 Å². The second-order valence-corrected chi connectivity index (χ2v) is 6.85. The molecule has 0 aromatic rings. The third-order valence-electron chi connectivity index (χ3n) is 3.74. The van der Waals surface area contributed by atoms with E-state index in [2.05, 4.69) is 9.47 Å². The number of hydrogen-bond donors (Lipinski definition) is 0. The standard InChI is InChI=1S/C12H15F5O7S/c1-23-8(18)6-4-2-3-5-7(6)9(19)24-10(11(13,14)15)12(16,17)25(20,21)22/h6-7,10H,2-5H2,1H3,(H,20,21,22)/p-1. The van der Waals surface area contributed by atoms with Crippen molar-refractivity contribution in [1.82, 2.24) is 0 Å². The minimum Gasteiger partial charge on any atom is -0.743 e. The maximum Gasteiger partial charge on any atom is 0.432 e. The molecule has 1 saturated carbocycles. The molecule has 0 bridgehead atoms. The van der Waals surface area contributed by atoms with Crippen LogP contribution in [0, 0.1) is 11.8 Å². The van der Waals surface area contributed by atoms with Crippen molar-refractivity contribution in [2.24, 2.45) is 11.8 Å². The molecule has 0 amide bonds. The van der Waals surface area contributed by atoms with E-state index in [4.69, 9.17) is 0 Å². The first-order valence-corrected chi connectivity index (χ1v) is 8.32. The van der Waals surface area contributed by atoms with Crippen LogP contribution in [0.1, 0.15) is 25.7 Å². The third kappa shape index (κ3) is 4.77. The first-order valence-electron chi connectivity index (χ1n) is 6.91. The fourth-order valence-corrected chi connectivity index (χ4v) is 2.95. The molecule has 0 aromatic carbocycles. The zero-order chi connectivity index (χ0) is 19.6. The minimum atomic E-state index is -6.77. The van der Waals surface area contributed by atoms with Gasteiger partial charge >= 0.3 is 23.4 Å². The Morgan fingerprint density at radius 2 is 1.48 bits per heavy atom. The predicted octanol–water partition coefficient (Wildman–Crippen LogP) is 1.58. The molecule has 3 atom stereocenters. The number of rotatable bonds is 5. The van der Waals surface area contributed by atoms with Crippen LogP contribution in [0.25, 0.3) is 0 Å². The fraction of sp³-hybridized carbons (Fsp3) is 0.833. The minimum absolute atomic E-state index is 0.0549. The lowest BCUT2D eigenvalue weighted by molar-refractivity contribution is -0.261. The highest BCUT2D eigenvalue weighted by Gasteiger charge is 2.63. The van der Waals surface area contributed by atoms with Gasteiger partial charge in [0.05, 0.1) is 18.9 Å². The van der Waals surface area contributed by atoms with Gasteiger partial charge in [-0.25, -0.2) is 8.42 Å². The van der Waals surface area contributed by atoms with Crippen LogP contribution in [0.5, 0.6) is 0 Å². The Morgan fingerprint density at radius 3 is 1.84 bits per heavy atom. The number of hydrogen-bond acceptors (Lipinski definition) is 7. The van der Waals surface area contributed by atoms with Crippen molar-refractivity contribution in [3.05, 3.63) is 0 Å². The third-order valence-corrected chi connectivity index (χ3v) is 4.62. The first-order chi connectivity index (χ1) is 11.2. The monoisotopic (exact) mass is 397 g/mol. The van der Waals surface area contributed by atoms with Crippen molar-refractivity contribution < 1.29 is 54.0 Å². The van der Waals surface area contributed by atoms with Gasteiger partial charge in [-0.05, 0) is 12.8 Å². The second-order valence-electron chi connectivity index (χ2n) is 5.40. The highest BCUT2D eigenvalue weighted by molar-refractivity contribution is 7.86. The zero-order valence-corrected chi connectivity index (χ0v) is 13.5. The Kier molecular flexibility index (Phi) is 6.37. The average Bonchev–Trinajstić information content (AvgIpc) is 2.49. The van der Waals surface area contributed by atoms with E-state index < -0.39 is 51.4 Å². The van der Waals surface area contributed by atoms with Crippen molar-refractivity contribution >= 4 is 22.1 Å². The van der Waals surface area contributed by atoms with E-state index in [0.717, 1.165) is 7.11 Å². The summed E-state index contributed by atoms with van der Waals surface area (Å²) in [5.74, 6) is -5.51. The lowest BCUT2D eigenvalue weighted by Gasteiger charge is -2.33. The van der Waals surface area contributed by atoms with Crippen LogP contribution in [-0.2, 0) is 29.2 Å². The van der Waals surface area contributed by atoms with Gasteiger partial charge in [-0.2, -0.15) is 22.0 Å². The zero-order valence-electron chi connectivity index (χ0n) is 12.7. The lowest BCUT2D eigenvalue weighted by Crippen LogP contribution is -2.53. The van der Waals surface area contributed by atoms with E-state index in [1.807, 2.05) is 0 Å². The summed E-state index contributed by atoms with van der Waals surface area (Å²) in [6, 6.07) is 0. The highest BCUT2D eigenvalue weighted by Crippen LogP contribution is 2.40. The van der Waals surface area contributed by atoms with Crippen LogP contribution in [0.3, 0.4) is 0 Å². The van der Waals surface area contributed by atoms with Crippen molar-refractivity contribution in [2.75, 3.05) is 7.11 Å². The molecule has 0 aliphatic heterocycles. The van der Waals surface area contributed by atoms with E-state index in [9.17, 15) is 44.5 Å². The summed E-state index contributed by atoms with van der Waals surface area (Å²) in [6.45, 7) is 0. The van der Waals surface area contributed by atoms with E-state index in [0.29, 0.717) is 12.8 Å². The lowest BCUT2D eigenvalue weighted by atomic mass is 9.79. The summed E-state index contributed by atoms with van der Waals surface area (Å²) in [7, 11) is -5.80. The fourth-order valence-electron chi connectivity index (χ4n) is 2.51. The van der Waals surface area contributed by atoms with Gasteiger partial charge in [0.2, 0.25) is 0 Å². The highest BCUT2D eigenvalue weighted by atomic mass is 32.2. The average molecular weight is 397 g/mol. The van der Waals surface area contributed by atoms with Crippen LogP contribution in [0.15, 0.2) is 0 Å². The van der Waals surface area contributed by atoms with Crippen LogP contribution < -0.4 is 0 Å². The number of alkyl halides is 5.